The van der Waals surface area contributed by atoms with Gasteiger partial charge in [-0.15, -0.1) is 5.10 Å². The first kappa shape index (κ1) is 15.4. The van der Waals surface area contributed by atoms with Gasteiger partial charge in [0.15, 0.2) is 5.69 Å². The quantitative estimate of drug-likeness (QED) is 0.939. The normalized spacial score (nSPS) is 20.4. The maximum absolute atomic E-state index is 12.7. The van der Waals surface area contributed by atoms with Gasteiger partial charge in [-0.2, -0.15) is 5.10 Å². The van der Waals surface area contributed by atoms with Gasteiger partial charge in [0.1, 0.15) is 0 Å². The van der Waals surface area contributed by atoms with Gasteiger partial charge in [0, 0.05) is 30.9 Å². The molecule has 128 valence electrons. The van der Waals surface area contributed by atoms with Crippen LogP contribution in [0.25, 0.3) is 0 Å². The molecule has 0 spiro atoms. The summed E-state index contributed by atoms with van der Waals surface area (Å²) >= 11 is 0. The molecule has 2 aromatic heterocycles. The summed E-state index contributed by atoms with van der Waals surface area (Å²) in [6.07, 6.45) is 11.6. The van der Waals surface area contributed by atoms with Crippen molar-refractivity contribution in [1.82, 2.24) is 30.1 Å². The van der Waals surface area contributed by atoms with Crippen molar-refractivity contribution in [2.24, 2.45) is 0 Å². The Morgan fingerprint density at radius 3 is 2.62 bits per heavy atom. The predicted molar refractivity (Wildman–Crippen MR) is 88.6 cm³/mol. The van der Waals surface area contributed by atoms with Crippen LogP contribution in [-0.2, 0) is 0 Å². The van der Waals surface area contributed by atoms with Crippen LogP contribution in [0.1, 0.15) is 73.1 Å². The highest BCUT2D eigenvalue weighted by molar-refractivity contribution is 5.92. The average molecular weight is 328 g/mol. The molecule has 1 saturated heterocycles. The fourth-order valence-corrected chi connectivity index (χ4v) is 3.95. The van der Waals surface area contributed by atoms with Crippen LogP contribution in [0, 0.1) is 0 Å². The Labute approximate surface area is 141 Å². The number of hydrogen-bond acceptors (Lipinski definition) is 4. The summed E-state index contributed by atoms with van der Waals surface area (Å²) in [4.78, 5) is 14.6. The molecule has 1 amide bonds. The van der Waals surface area contributed by atoms with Crippen molar-refractivity contribution in [2.75, 3.05) is 13.1 Å². The Morgan fingerprint density at radius 2 is 1.92 bits per heavy atom. The molecule has 2 fully saturated rings. The largest absolute Gasteiger partial charge is 0.337 e. The van der Waals surface area contributed by atoms with E-state index in [1.807, 2.05) is 21.8 Å². The number of H-pyrrole nitrogens is 1. The summed E-state index contributed by atoms with van der Waals surface area (Å²) in [7, 11) is 0. The maximum atomic E-state index is 12.7. The van der Waals surface area contributed by atoms with Crippen molar-refractivity contribution in [1.29, 1.82) is 0 Å². The van der Waals surface area contributed by atoms with Crippen molar-refractivity contribution < 1.29 is 4.79 Å². The molecule has 2 aromatic rings. The molecule has 1 aliphatic carbocycles. The molecule has 4 rings (SSSR count). The first-order valence-electron chi connectivity index (χ1n) is 9.01. The molecule has 1 saturated carbocycles. The van der Waals surface area contributed by atoms with Crippen molar-refractivity contribution in [3.05, 3.63) is 29.8 Å². The minimum Gasteiger partial charge on any atom is -0.337 e. The molecule has 3 heterocycles. The van der Waals surface area contributed by atoms with Gasteiger partial charge in [0.05, 0.1) is 12.2 Å². The summed E-state index contributed by atoms with van der Waals surface area (Å²) < 4.78 is 1.91. The lowest BCUT2D eigenvalue weighted by molar-refractivity contribution is 0.0706. The number of carbonyl (C=O) groups excluding carboxylic acids is 1. The van der Waals surface area contributed by atoms with Crippen LogP contribution in [-0.4, -0.2) is 49.1 Å². The Balaban J connectivity index is 1.37. The summed E-state index contributed by atoms with van der Waals surface area (Å²) in [5.74, 6) is 0.481. The van der Waals surface area contributed by atoms with Crippen molar-refractivity contribution in [2.45, 2.75) is 56.9 Å². The number of rotatable bonds is 3. The minimum atomic E-state index is 0.0140. The highest BCUT2D eigenvalue weighted by Gasteiger charge is 2.27. The summed E-state index contributed by atoms with van der Waals surface area (Å²) in [5, 5.41) is 15.4. The maximum Gasteiger partial charge on any atom is 0.276 e. The average Bonchev–Trinajstić information content (AvgIpc) is 3.34. The molecule has 0 radical (unpaired) electrons. The lowest BCUT2D eigenvalue weighted by Gasteiger charge is -2.30. The van der Waals surface area contributed by atoms with Gasteiger partial charge < -0.3 is 4.90 Å². The lowest BCUT2D eigenvalue weighted by atomic mass is 9.93. The van der Waals surface area contributed by atoms with Crippen LogP contribution >= 0.6 is 0 Å². The third-order valence-corrected chi connectivity index (χ3v) is 5.42. The van der Waals surface area contributed by atoms with E-state index in [9.17, 15) is 4.79 Å². The van der Waals surface area contributed by atoms with Gasteiger partial charge in [-0.1, -0.05) is 24.5 Å². The second-order valence-corrected chi connectivity index (χ2v) is 6.95. The predicted octanol–water partition coefficient (Wildman–Crippen LogP) is 2.53. The van der Waals surface area contributed by atoms with Gasteiger partial charge in [0.25, 0.3) is 5.91 Å². The van der Waals surface area contributed by atoms with Gasteiger partial charge >= 0.3 is 0 Å². The van der Waals surface area contributed by atoms with E-state index < -0.39 is 0 Å². The Bertz CT molecular complexity index is 665. The zero-order chi connectivity index (χ0) is 16.4. The van der Waals surface area contributed by atoms with E-state index in [1.54, 1.807) is 6.20 Å². The van der Waals surface area contributed by atoms with Crippen LogP contribution in [0.4, 0.5) is 0 Å². The zero-order valence-corrected chi connectivity index (χ0v) is 13.9. The molecule has 0 bridgehead atoms. The van der Waals surface area contributed by atoms with E-state index in [0.29, 0.717) is 17.7 Å². The number of amides is 1. The van der Waals surface area contributed by atoms with E-state index in [4.69, 9.17) is 0 Å². The zero-order valence-electron chi connectivity index (χ0n) is 13.9. The van der Waals surface area contributed by atoms with E-state index in [0.717, 1.165) is 38.8 Å². The molecule has 7 nitrogen and oxygen atoms in total. The smallest absolute Gasteiger partial charge is 0.276 e. The molecule has 2 aliphatic rings. The monoisotopic (exact) mass is 328 g/mol. The summed E-state index contributed by atoms with van der Waals surface area (Å²) in [6.45, 7) is 1.53. The first-order chi connectivity index (χ1) is 11.8. The van der Waals surface area contributed by atoms with E-state index >= 15 is 0 Å². The minimum absolute atomic E-state index is 0.0140. The number of carbonyl (C=O) groups is 1. The number of hydrogen-bond donors (Lipinski definition) is 1. The number of nitrogens with one attached hydrogen (secondary N) is 1. The number of likely N-dealkylation sites (tertiary alicyclic amines) is 1. The fraction of sp³-hybridized carbons (Fsp3) is 0.647. The Kier molecular flexibility index (Phi) is 4.32. The van der Waals surface area contributed by atoms with Crippen LogP contribution in [0.3, 0.4) is 0 Å². The number of aromatic amines is 1. The molecule has 7 heteroatoms. The molecule has 1 aliphatic heterocycles. The highest BCUT2D eigenvalue weighted by Crippen LogP contribution is 2.28. The van der Waals surface area contributed by atoms with Crippen LogP contribution in [0.2, 0.25) is 0 Å². The topological polar surface area (TPSA) is 79.7 Å². The molecule has 1 N–H and O–H groups in total. The molecular formula is C17H24N6O. The molecular weight excluding hydrogens is 304 g/mol. The molecule has 0 unspecified atom stereocenters. The third kappa shape index (κ3) is 3.07. The van der Waals surface area contributed by atoms with Crippen molar-refractivity contribution in [3.8, 4) is 0 Å². The van der Waals surface area contributed by atoms with E-state index in [2.05, 4.69) is 20.5 Å². The first-order valence-corrected chi connectivity index (χ1v) is 9.01. The second kappa shape index (κ2) is 6.75. The summed E-state index contributed by atoms with van der Waals surface area (Å²) in [6, 6.07) is 2.44. The second-order valence-electron chi connectivity index (χ2n) is 6.95. The Morgan fingerprint density at radius 1 is 1.12 bits per heavy atom. The van der Waals surface area contributed by atoms with E-state index in [1.165, 1.54) is 25.0 Å². The summed E-state index contributed by atoms with van der Waals surface area (Å²) in [5.41, 5.74) is 1.66. The van der Waals surface area contributed by atoms with Gasteiger partial charge in [0.2, 0.25) is 0 Å². The number of piperidine rings is 1. The Hall–Kier alpha value is -2.18. The van der Waals surface area contributed by atoms with Gasteiger partial charge in [-0.05, 0) is 31.7 Å². The highest BCUT2D eigenvalue weighted by atomic mass is 16.2. The number of nitrogens with zero attached hydrogens (tertiary/aromatic N) is 5. The van der Waals surface area contributed by atoms with Gasteiger partial charge in [-0.25, -0.2) is 4.68 Å². The molecule has 0 aromatic carbocycles. The SMILES string of the molecule is O=C(c1cn(C2CCCCC2)nn1)N1CCC(c2ccn[nH]2)CC1. The van der Waals surface area contributed by atoms with Crippen LogP contribution in [0.15, 0.2) is 18.5 Å². The fourth-order valence-electron chi connectivity index (χ4n) is 3.95. The van der Waals surface area contributed by atoms with Gasteiger partial charge in [-0.3, -0.25) is 9.89 Å². The van der Waals surface area contributed by atoms with Crippen molar-refractivity contribution >= 4 is 5.91 Å². The standard InChI is InChI=1S/C17H24N6O/c24-17(16-12-23(21-20-16)14-4-2-1-3-5-14)22-10-7-13(8-11-22)15-6-9-18-19-15/h6,9,12-14H,1-5,7-8,10-11H2,(H,18,19). The van der Waals surface area contributed by atoms with Crippen molar-refractivity contribution in [3.63, 3.8) is 0 Å². The van der Waals surface area contributed by atoms with Crippen LogP contribution in [0.5, 0.6) is 0 Å². The third-order valence-electron chi connectivity index (χ3n) is 5.42. The molecule has 0 atom stereocenters. The molecule has 24 heavy (non-hydrogen) atoms. The van der Waals surface area contributed by atoms with E-state index in [-0.39, 0.29) is 5.91 Å². The lowest BCUT2D eigenvalue weighted by Crippen LogP contribution is -2.38. The van der Waals surface area contributed by atoms with Crippen LogP contribution < -0.4 is 0 Å². The number of aromatic nitrogens is 5.